The molecule has 0 aromatic carbocycles. The molecule has 0 unspecified atom stereocenters. The van der Waals surface area contributed by atoms with E-state index in [1.165, 1.54) is 25.0 Å². The summed E-state index contributed by atoms with van der Waals surface area (Å²) < 4.78 is 0. The van der Waals surface area contributed by atoms with E-state index in [-0.39, 0.29) is 5.91 Å². The van der Waals surface area contributed by atoms with Crippen LogP contribution in [0.1, 0.15) is 48.2 Å². The lowest BCUT2D eigenvalue weighted by Gasteiger charge is -2.12. The number of hydrazone groups is 1. The van der Waals surface area contributed by atoms with Crippen molar-refractivity contribution < 1.29 is 4.79 Å². The Morgan fingerprint density at radius 1 is 1.12 bits per heavy atom. The first-order valence-corrected chi connectivity index (χ1v) is 8.57. The number of nitrogens with zero attached hydrogens (tertiary/aromatic N) is 2. The molecule has 1 aliphatic heterocycles. The van der Waals surface area contributed by atoms with Gasteiger partial charge in [-0.2, -0.15) is 5.10 Å². The number of aromatic nitrogens is 2. The van der Waals surface area contributed by atoms with E-state index in [9.17, 15) is 4.79 Å². The maximum absolute atomic E-state index is 11.9. The minimum atomic E-state index is -0.00477. The van der Waals surface area contributed by atoms with Gasteiger partial charge in [-0.15, -0.1) is 0 Å². The molecule has 124 valence electrons. The van der Waals surface area contributed by atoms with E-state index in [0.717, 1.165) is 47.6 Å². The fourth-order valence-electron chi connectivity index (χ4n) is 3.32. The van der Waals surface area contributed by atoms with Crippen molar-refractivity contribution in [1.82, 2.24) is 15.3 Å². The maximum atomic E-state index is 11.9. The molecule has 0 spiro atoms. The molecule has 1 amide bonds. The fraction of sp³-hybridized carbons (Fsp3) is 0.389. The number of carbonyl (C=O) groups is 1. The van der Waals surface area contributed by atoms with Crippen molar-refractivity contribution in [2.45, 2.75) is 38.5 Å². The number of nitrogens with one attached hydrogen (secondary N) is 3. The van der Waals surface area contributed by atoms with Crippen molar-refractivity contribution >= 4 is 17.4 Å². The third-order valence-electron chi connectivity index (χ3n) is 4.63. The van der Waals surface area contributed by atoms with Gasteiger partial charge in [0.05, 0.1) is 5.56 Å². The van der Waals surface area contributed by atoms with Crippen molar-refractivity contribution in [2.24, 2.45) is 5.10 Å². The zero-order chi connectivity index (χ0) is 16.4. The second kappa shape index (κ2) is 6.47. The molecule has 0 saturated heterocycles. The molecular weight excluding hydrogens is 302 g/mol. The summed E-state index contributed by atoms with van der Waals surface area (Å²) in [4.78, 5) is 19.6. The predicted molar refractivity (Wildman–Crippen MR) is 94.2 cm³/mol. The Bertz CT molecular complexity index is 784. The van der Waals surface area contributed by atoms with Gasteiger partial charge in [-0.05, 0) is 43.9 Å². The van der Waals surface area contributed by atoms with Crippen LogP contribution in [0, 0.1) is 0 Å². The van der Waals surface area contributed by atoms with E-state index < -0.39 is 0 Å². The van der Waals surface area contributed by atoms with Gasteiger partial charge in [0.25, 0.3) is 5.91 Å². The number of amides is 1. The number of hydrogen-bond donors (Lipinski definition) is 3. The molecule has 24 heavy (non-hydrogen) atoms. The van der Waals surface area contributed by atoms with Crippen LogP contribution in [-0.2, 0) is 6.42 Å². The van der Waals surface area contributed by atoms with Gasteiger partial charge in [0.2, 0.25) is 0 Å². The smallest absolute Gasteiger partial charge is 0.253 e. The summed E-state index contributed by atoms with van der Waals surface area (Å²) in [5, 5.41) is 7.36. The van der Waals surface area contributed by atoms with E-state index in [1.807, 2.05) is 18.2 Å². The SMILES string of the molecule is O=C1NCCc2[nH]c(-c3ccnc(NN=C4CCCCC4)c3)cc21. The number of fused-ring (bicyclic) bond motifs is 1. The number of rotatable bonds is 3. The highest BCUT2D eigenvalue weighted by Gasteiger charge is 2.20. The lowest BCUT2D eigenvalue weighted by molar-refractivity contribution is 0.0946. The van der Waals surface area contributed by atoms with Crippen LogP contribution in [0.15, 0.2) is 29.5 Å². The van der Waals surface area contributed by atoms with E-state index >= 15 is 0 Å². The van der Waals surface area contributed by atoms with Gasteiger partial charge in [-0.25, -0.2) is 4.98 Å². The highest BCUT2D eigenvalue weighted by atomic mass is 16.1. The molecule has 6 nitrogen and oxygen atoms in total. The summed E-state index contributed by atoms with van der Waals surface area (Å²) in [6.07, 6.45) is 8.51. The van der Waals surface area contributed by atoms with Crippen LogP contribution in [0.4, 0.5) is 5.82 Å². The topological polar surface area (TPSA) is 82.2 Å². The summed E-state index contributed by atoms with van der Waals surface area (Å²) in [6.45, 7) is 0.687. The minimum Gasteiger partial charge on any atom is -0.358 e. The van der Waals surface area contributed by atoms with Crippen LogP contribution >= 0.6 is 0 Å². The molecule has 4 rings (SSSR count). The van der Waals surface area contributed by atoms with Gasteiger partial charge < -0.3 is 10.3 Å². The molecule has 2 aliphatic rings. The molecule has 2 aromatic rings. The molecule has 0 atom stereocenters. The Morgan fingerprint density at radius 3 is 2.83 bits per heavy atom. The Labute approximate surface area is 140 Å². The van der Waals surface area contributed by atoms with E-state index in [0.29, 0.717) is 6.54 Å². The highest BCUT2D eigenvalue weighted by Crippen LogP contribution is 2.25. The van der Waals surface area contributed by atoms with Gasteiger partial charge >= 0.3 is 0 Å². The standard InChI is InChI=1S/C18H21N5O/c24-18-14-11-16(21-15(14)7-9-20-18)12-6-8-19-17(10-12)23-22-13-4-2-1-3-5-13/h6,8,10-11,21H,1-5,7,9H2,(H,19,23)(H,20,24). The number of pyridine rings is 1. The zero-order valence-corrected chi connectivity index (χ0v) is 13.6. The quantitative estimate of drug-likeness (QED) is 0.759. The Hall–Kier alpha value is -2.63. The summed E-state index contributed by atoms with van der Waals surface area (Å²) in [7, 11) is 0. The molecule has 1 fully saturated rings. The van der Waals surface area contributed by atoms with Gasteiger partial charge in [-0.3, -0.25) is 10.2 Å². The van der Waals surface area contributed by atoms with Gasteiger partial charge in [0.15, 0.2) is 0 Å². The average molecular weight is 323 g/mol. The Balaban J connectivity index is 1.55. The number of anilines is 1. The molecule has 0 bridgehead atoms. The summed E-state index contributed by atoms with van der Waals surface area (Å²) in [5.41, 5.74) is 7.98. The second-order valence-electron chi connectivity index (χ2n) is 6.36. The van der Waals surface area contributed by atoms with Crippen LogP contribution in [-0.4, -0.2) is 28.1 Å². The highest BCUT2D eigenvalue weighted by molar-refractivity contribution is 5.97. The van der Waals surface area contributed by atoms with E-state index in [4.69, 9.17) is 0 Å². The van der Waals surface area contributed by atoms with E-state index in [1.54, 1.807) is 6.20 Å². The lowest BCUT2D eigenvalue weighted by atomic mass is 9.99. The van der Waals surface area contributed by atoms with Gasteiger partial charge in [-0.1, -0.05) is 6.42 Å². The van der Waals surface area contributed by atoms with Gasteiger partial charge in [0, 0.05) is 41.8 Å². The average Bonchev–Trinajstić information content (AvgIpc) is 3.07. The molecule has 3 N–H and O–H groups in total. The largest absolute Gasteiger partial charge is 0.358 e. The maximum Gasteiger partial charge on any atom is 0.253 e. The van der Waals surface area contributed by atoms with Crippen LogP contribution in [0.3, 0.4) is 0 Å². The molecular formula is C18H21N5O. The number of hydrogen-bond acceptors (Lipinski definition) is 4. The van der Waals surface area contributed by atoms with Crippen molar-refractivity contribution in [2.75, 3.05) is 12.0 Å². The molecule has 6 heteroatoms. The normalized spacial score (nSPS) is 17.2. The molecule has 1 saturated carbocycles. The third-order valence-corrected chi connectivity index (χ3v) is 4.63. The zero-order valence-electron chi connectivity index (χ0n) is 13.6. The first-order valence-electron chi connectivity index (χ1n) is 8.57. The minimum absolute atomic E-state index is 0.00477. The third kappa shape index (κ3) is 3.04. The van der Waals surface area contributed by atoms with Crippen molar-refractivity contribution in [3.05, 3.63) is 35.7 Å². The molecule has 2 aromatic heterocycles. The van der Waals surface area contributed by atoms with Crippen LogP contribution in [0.2, 0.25) is 0 Å². The predicted octanol–water partition coefficient (Wildman–Crippen LogP) is 3.09. The number of aromatic amines is 1. The van der Waals surface area contributed by atoms with Crippen LogP contribution in [0.5, 0.6) is 0 Å². The summed E-state index contributed by atoms with van der Waals surface area (Å²) in [6, 6.07) is 5.81. The van der Waals surface area contributed by atoms with Crippen LogP contribution < -0.4 is 10.7 Å². The van der Waals surface area contributed by atoms with Crippen molar-refractivity contribution in [1.29, 1.82) is 0 Å². The fourth-order valence-corrected chi connectivity index (χ4v) is 3.32. The second-order valence-corrected chi connectivity index (χ2v) is 6.36. The number of H-pyrrole nitrogens is 1. The van der Waals surface area contributed by atoms with Gasteiger partial charge in [0.1, 0.15) is 5.82 Å². The molecule has 3 heterocycles. The lowest BCUT2D eigenvalue weighted by Crippen LogP contribution is -2.31. The van der Waals surface area contributed by atoms with Crippen LogP contribution in [0.25, 0.3) is 11.3 Å². The monoisotopic (exact) mass is 323 g/mol. The van der Waals surface area contributed by atoms with Crippen molar-refractivity contribution in [3.63, 3.8) is 0 Å². The Morgan fingerprint density at radius 2 is 2.00 bits per heavy atom. The van der Waals surface area contributed by atoms with E-state index in [2.05, 4.69) is 25.8 Å². The molecule has 0 radical (unpaired) electrons. The summed E-state index contributed by atoms with van der Waals surface area (Å²) >= 11 is 0. The Kier molecular flexibility index (Phi) is 4.02. The molecule has 1 aliphatic carbocycles. The first kappa shape index (κ1) is 14.9. The van der Waals surface area contributed by atoms with Crippen molar-refractivity contribution in [3.8, 4) is 11.3 Å². The first-order chi connectivity index (χ1) is 11.8. The summed E-state index contributed by atoms with van der Waals surface area (Å²) in [5.74, 6) is 0.720. The number of carbonyl (C=O) groups excluding carboxylic acids is 1.